The molecule has 4 N–H and O–H groups in total. The van der Waals surface area contributed by atoms with Gasteiger partial charge in [-0.3, -0.25) is 0 Å². The van der Waals surface area contributed by atoms with Crippen LogP contribution in [0.25, 0.3) is 0 Å². The standard InChI is InChI=1S/C8H17NO3S/c1-3-6(9)4-13-5-8(2,12)7(10)11/h6,12H,3-5,9H2,1-2H3,(H,10,11). The largest absolute Gasteiger partial charge is 0.479 e. The molecule has 5 heteroatoms. The molecule has 0 aromatic carbocycles. The highest BCUT2D eigenvalue weighted by Gasteiger charge is 2.29. The first-order chi connectivity index (χ1) is 5.90. The van der Waals surface area contributed by atoms with Gasteiger partial charge in [0.2, 0.25) is 0 Å². The maximum Gasteiger partial charge on any atom is 0.336 e. The Hall–Kier alpha value is -0.260. The fourth-order valence-corrected chi connectivity index (χ4v) is 1.77. The normalized spacial score (nSPS) is 17.8. The number of carboxylic acids is 1. The topological polar surface area (TPSA) is 83.5 Å². The van der Waals surface area contributed by atoms with Crippen LogP contribution in [-0.4, -0.2) is 39.3 Å². The summed E-state index contributed by atoms with van der Waals surface area (Å²) in [6, 6.07) is 0.0783. The molecule has 0 rings (SSSR count). The van der Waals surface area contributed by atoms with Gasteiger partial charge >= 0.3 is 5.97 Å². The number of rotatable bonds is 6. The maximum absolute atomic E-state index is 10.5. The van der Waals surface area contributed by atoms with Crippen molar-refractivity contribution in [2.45, 2.75) is 31.9 Å². The van der Waals surface area contributed by atoms with E-state index >= 15 is 0 Å². The summed E-state index contributed by atoms with van der Waals surface area (Å²) >= 11 is 1.37. The molecule has 13 heavy (non-hydrogen) atoms. The van der Waals surface area contributed by atoms with E-state index in [9.17, 15) is 9.90 Å². The number of hydrogen-bond acceptors (Lipinski definition) is 4. The number of carbonyl (C=O) groups is 1. The Balaban J connectivity index is 3.70. The highest BCUT2D eigenvalue weighted by Crippen LogP contribution is 2.14. The van der Waals surface area contributed by atoms with Gasteiger partial charge in [-0.25, -0.2) is 4.79 Å². The molecule has 0 aromatic rings. The van der Waals surface area contributed by atoms with Gasteiger partial charge in [0, 0.05) is 17.5 Å². The smallest absolute Gasteiger partial charge is 0.336 e. The van der Waals surface area contributed by atoms with Gasteiger partial charge in [0.1, 0.15) is 0 Å². The van der Waals surface area contributed by atoms with E-state index in [1.54, 1.807) is 0 Å². The van der Waals surface area contributed by atoms with E-state index in [0.717, 1.165) is 6.42 Å². The lowest BCUT2D eigenvalue weighted by Gasteiger charge is -2.18. The fourth-order valence-electron chi connectivity index (χ4n) is 0.589. The average molecular weight is 207 g/mol. The monoisotopic (exact) mass is 207 g/mol. The lowest BCUT2D eigenvalue weighted by Crippen LogP contribution is -2.38. The van der Waals surface area contributed by atoms with E-state index < -0.39 is 11.6 Å². The van der Waals surface area contributed by atoms with Gasteiger partial charge in [-0.1, -0.05) is 6.92 Å². The number of carboxylic acid groups (broad SMARTS) is 1. The number of aliphatic carboxylic acids is 1. The van der Waals surface area contributed by atoms with Gasteiger partial charge < -0.3 is 15.9 Å². The van der Waals surface area contributed by atoms with Crippen molar-refractivity contribution in [2.75, 3.05) is 11.5 Å². The lowest BCUT2D eigenvalue weighted by atomic mass is 10.1. The summed E-state index contributed by atoms with van der Waals surface area (Å²) in [4.78, 5) is 10.5. The first kappa shape index (κ1) is 12.7. The van der Waals surface area contributed by atoms with Gasteiger partial charge in [-0.15, -0.1) is 0 Å². The Kier molecular flexibility index (Phi) is 5.36. The molecule has 2 unspecified atom stereocenters. The molecule has 0 heterocycles. The minimum atomic E-state index is -1.64. The second kappa shape index (κ2) is 5.47. The molecule has 0 aliphatic carbocycles. The van der Waals surface area contributed by atoms with Crippen LogP contribution in [0, 0.1) is 0 Å². The predicted octanol–water partition coefficient (Wildman–Crippen LogP) is 0.292. The summed E-state index contributed by atoms with van der Waals surface area (Å²) in [5.41, 5.74) is 3.99. The summed E-state index contributed by atoms with van der Waals surface area (Å²) in [7, 11) is 0. The molecule has 0 saturated carbocycles. The molecular weight excluding hydrogens is 190 g/mol. The average Bonchev–Trinajstić information content (AvgIpc) is 2.03. The van der Waals surface area contributed by atoms with Crippen LogP contribution in [0.15, 0.2) is 0 Å². The van der Waals surface area contributed by atoms with Crippen molar-refractivity contribution in [3.05, 3.63) is 0 Å². The number of hydrogen-bond donors (Lipinski definition) is 3. The molecule has 0 saturated heterocycles. The van der Waals surface area contributed by atoms with Crippen molar-refractivity contribution >= 4 is 17.7 Å². The lowest BCUT2D eigenvalue weighted by molar-refractivity contribution is -0.154. The van der Waals surface area contributed by atoms with Crippen molar-refractivity contribution in [2.24, 2.45) is 5.73 Å². The zero-order valence-corrected chi connectivity index (χ0v) is 8.80. The highest BCUT2D eigenvalue weighted by molar-refractivity contribution is 7.99. The zero-order valence-electron chi connectivity index (χ0n) is 7.99. The highest BCUT2D eigenvalue weighted by atomic mass is 32.2. The Morgan fingerprint density at radius 3 is 2.62 bits per heavy atom. The Morgan fingerprint density at radius 2 is 2.23 bits per heavy atom. The second-order valence-corrected chi connectivity index (χ2v) is 4.29. The van der Waals surface area contributed by atoms with E-state index in [-0.39, 0.29) is 11.8 Å². The van der Waals surface area contributed by atoms with E-state index in [4.69, 9.17) is 10.8 Å². The van der Waals surface area contributed by atoms with E-state index in [0.29, 0.717) is 5.75 Å². The molecule has 0 amide bonds. The summed E-state index contributed by atoms with van der Waals surface area (Å²) < 4.78 is 0. The van der Waals surface area contributed by atoms with Gasteiger partial charge in [0.25, 0.3) is 0 Å². The summed E-state index contributed by atoms with van der Waals surface area (Å²) in [6.07, 6.45) is 0.863. The molecule has 0 aromatic heterocycles. The van der Waals surface area contributed by atoms with E-state index in [1.807, 2.05) is 6.92 Å². The zero-order chi connectivity index (χ0) is 10.5. The van der Waals surface area contributed by atoms with Gasteiger partial charge in [0.05, 0.1) is 0 Å². The van der Waals surface area contributed by atoms with Crippen LogP contribution >= 0.6 is 11.8 Å². The predicted molar refractivity (Wildman–Crippen MR) is 53.9 cm³/mol. The van der Waals surface area contributed by atoms with Crippen molar-refractivity contribution in [1.29, 1.82) is 0 Å². The maximum atomic E-state index is 10.5. The van der Waals surface area contributed by atoms with Crippen molar-refractivity contribution < 1.29 is 15.0 Å². The molecule has 0 radical (unpaired) electrons. The van der Waals surface area contributed by atoms with Gasteiger partial charge in [-0.05, 0) is 13.3 Å². The van der Waals surface area contributed by atoms with Crippen LogP contribution in [0.2, 0.25) is 0 Å². The summed E-state index contributed by atoms with van der Waals surface area (Å²) in [6.45, 7) is 3.26. The molecule has 78 valence electrons. The van der Waals surface area contributed by atoms with Crippen molar-refractivity contribution in [1.82, 2.24) is 0 Å². The molecular formula is C8H17NO3S. The summed E-state index contributed by atoms with van der Waals surface area (Å²) in [5.74, 6) is -0.333. The molecule has 2 atom stereocenters. The van der Waals surface area contributed by atoms with E-state index in [2.05, 4.69) is 0 Å². The minimum Gasteiger partial charge on any atom is -0.479 e. The third-order valence-corrected chi connectivity index (χ3v) is 3.13. The first-order valence-corrected chi connectivity index (χ1v) is 5.34. The van der Waals surface area contributed by atoms with E-state index in [1.165, 1.54) is 18.7 Å². The third kappa shape index (κ3) is 5.13. The molecule has 0 aliphatic rings. The SMILES string of the molecule is CCC(N)CSCC(C)(O)C(=O)O. The Labute approximate surface area is 82.5 Å². The molecule has 4 nitrogen and oxygen atoms in total. The number of aliphatic hydroxyl groups is 1. The minimum absolute atomic E-state index is 0.0783. The van der Waals surface area contributed by atoms with Gasteiger partial charge in [0.15, 0.2) is 5.60 Å². The van der Waals surface area contributed by atoms with Gasteiger partial charge in [-0.2, -0.15) is 11.8 Å². The van der Waals surface area contributed by atoms with Crippen LogP contribution in [-0.2, 0) is 4.79 Å². The van der Waals surface area contributed by atoms with Crippen LogP contribution in [0.5, 0.6) is 0 Å². The molecule has 0 spiro atoms. The Morgan fingerprint density at radius 1 is 1.69 bits per heavy atom. The number of thioether (sulfide) groups is 1. The molecule has 0 fully saturated rings. The quantitative estimate of drug-likeness (QED) is 0.583. The fraction of sp³-hybridized carbons (Fsp3) is 0.875. The van der Waals surface area contributed by atoms with Crippen molar-refractivity contribution in [3.63, 3.8) is 0 Å². The van der Waals surface area contributed by atoms with Crippen LogP contribution in [0.3, 0.4) is 0 Å². The molecule has 0 aliphatic heterocycles. The van der Waals surface area contributed by atoms with Crippen LogP contribution in [0.1, 0.15) is 20.3 Å². The number of nitrogens with two attached hydrogens (primary N) is 1. The van der Waals surface area contributed by atoms with Crippen LogP contribution in [0.4, 0.5) is 0 Å². The summed E-state index contributed by atoms with van der Waals surface area (Å²) in [5, 5.41) is 17.9. The first-order valence-electron chi connectivity index (χ1n) is 4.19. The van der Waals surface area contributed by atoms with Crippen molar-refractivity contribution in [3.8, 4) is 0 Å². The third-order valence-electron chi connectivity index (χ3n) is 1.70. The Bertz CT molecular complexity index is 173. The molecule has 0 bridgehead atoms. The second-order valence-electron chi connectivity index (χ2n) is 3.26. The van der Waals surface area contributed by atoms with Crippen LogP contribution < -0.4 is 5.73 Å².